The van der Waals surface area contributed by atoms with Crippen molar-refractivity contribution in [2.24, 2.45) is 5.92 Å². The highest BCUT2D eigenvalue weighted by molar-refractivity contribution is 5.98. The molecule has 1 aromatic carbocycles. The van der Waals surface area contributed by atoms with E-state index in [0.29, 0.717) is 13.1 Å². The van der Waals surface area contributed by atoms with Crippen molar-refractivity contribution in [3.8, 4) is 0 Å². The van der Waals surface area contributed by atoms with Gasteiger partial charge in [0, 0.05) is 63.4 Å². The number of piperidine rings is 1. The van der Waals surface area contributed by atoms with Crippen molar-refractivity contribution >= 4 is 17.4 Å². The number of carbonyl (C=O) groups is 2. The van der Waals surface area contributed by atoms with Crippen LogP contribution in [0.3, 0.4) is 0 Å². The quantitative estimate of drug-likeness (QED) is 0.860. The fraction of sp³-hybridized carbons (Fsp3) is 0.556. The first-order valence-electron chi connectivity index (χ1n) is 8.50. The maximum atomic E-state index is 12.6. The normalized spacial score (nSPS) is 19.7. The third kappa shape index (κ3) is 3.72. The van der Waals surface area contributed by atoms with Gasteiger partial charge in [-0.2, -0.15) is 0 Å². The molecule has 2 fully saturated rings. The van der Waals surface area contributed by atoms with Gasteiger partial charge in [0.1, 0.15) is 0 Å². The highest BCUT2D eigenvalue weighted by atomic mass is 16.2. The molecule has 23 heavy (non-hydrogen) atoms. The zero-order valence-electron chi connectivity index (χ0n) is 13.8. The molecule has 0 aromatic heterocycles. The molecule has 0 radical (unpaired) electrons. The van der Waals surface area contributed by atoms with Crippen LogP contribution in [0.1, 0.15) is 30.1 Å². The molecule has 2 aliphatic heterocycles. The van der Waals surface area contributed by atoms with Crippen LogP contribution in [0.4, 0.5) is 5.69 Å². The number of piperazine rings is 1. The van der Waals surface area contributed by atoms with Gasteiger partial charge < -0.3 is 15.1 Å². The number of ketones is 1. The van der Waals surface area contributed by atoms with Gasteiger partial charge in [-0.15, -0.1) is 0 Å². The topological polar surface area (TPSA) is 52.7 Å². The van der Waals surface area contributed by atoms with E-state index in [-0.39, 0.29) is 17.6 Å². The molecule has 0 atom stereocenters. The zero-order valence-corrected chi connectivity index (χ0v) is 13.8. The lowest BCUT2D eigenvalue weighted by molar-refractivity contribution is -0.130. The van der Waals surface area contributed by atoms with Gasteiger partial charge in [-0.1, -0.05) is 0 Å². The molecular weight excluding hydrogens is 290 g/mol. The lowest BCUT2D eigenvalue weighted by atomic mass is 9.89. The first-order valence-corrected chi connectivity index (χ1v) is 8.50. The Bertz CT molecular complexity index is 556. The van der Waals surface area contributed by atoms with Crippen molar-refractivity contribution in [2.45, 2.75) is 19.8 Å². The summed E-state index contributed by atoms with van der Waals surface area (Å²) >= 11 is 0. The molecule has 124 valence electrons. The monoisotopic (exact) mass is 315 g/mol. The maximum absolute atomic E-state index is 12.6. The van der Waals surface area contributed by atoms with Gasteiger partial charge in [0.05, 0.1) is 0 Å². The van der Waals surface area contributed by atoms with Crippen LogP contribution < -0.4 is 10.2 Å². The van der Waals surface area contributed by atoms with Crippen LogP contribution in [0.15, 0.2) is 24.3 Å². The molecule has 1 N–H and O–H groups in total. The number of nitrogens with one attached hydrogen (secondary N) is 1. The van der Waals surface area contributed by atoms with Gasteiger partial charge in [-0.25, -0.2) is 0 Å². The van der Waals surface area contributed by atoms with E-state index in [4.69, 9.17) is 0 Å². The second kappa shape index (κ2) is 7.13. The van der Waals surface area contributed by atoms with E-state index in [2.05, 4.69) is 22.3 Å². The molecule has 0 saturated carbocycles. The molecule has 2 saturated heterocycles. The average molecular weight is 315 g/mol. The predicted molar refractivity (Wildman–Crippen MR) is 90.8 cm³/mol. The van der Waals surface area contributed by atoms with E-state index in [1.54, 1.807) is 6.92 Å². The number of amides is 1. The van der Waals surface area contributed by atoms with Crippen molar-refractivity contribution in [1.82, 2.24) is 10.2 Å². The van der Waals surface area contributed by atoms with Gasteiger partial charge in [0.15, 0.2) is 5.78 Å². The van der Waals surface area contributed by atoms with Crippen LogP contribution in [0.25, 0.3) is 0 Å². The second-order valence-electron chi connectivity index (χ2n) is 6.43. The Morgan fingerprint density at radius 2 is 1.61 bits per heavy atom. The summed E-state index contributed by atoms with van der Waals surface area (Å²) in [4.78, 5) is 28.2. The summed E-state index contributed by atoms with van der Waals surface area (Å²) in [6.45, 7) is 7.03. The van der Waals surface area contributed by atoms with E-state index in [1.807, 2.05) is 17.0 Å². The van der Waals surface area contributed by atoms with Crippen molar-refractivity contribution < 1.29 is 9.59 Å². The number of anilines is 1. The van der Waals surface area contributed by atoms with Crippen LogP contribution in [0.2, 0.25) is 0 Å². The molecule has 0 bridgehead atoms. The smallest absolute Gasteiger partial charge is 0.219 e. The molecule has 1 aromatic rings. The van der Waals surface area contributed by atoms with Crippen LogP contribution in [-0.2, 0) is 4.79 Å². The van der Waals surface area contributed by atoms with E-state index in [0.717, 1.165) is 44.6 Å². The zero-order chi connectivity index (χ0) is 16.2. The Balaban J connectivity index is 1.60. The third-order valence-corrected chi connectivity index (χ3v) is 4.95. The molecule has 5 nitrogen and oxygen atoms in total. The molecule has 0 spiro atoms. The maximum Gasteiger partial charge on any atom is 0.219 e. The Labute approximate surface area is 137 Å². The van der Waals surface area contributed by atoms with Crippen LogP contribution in [0.5, 0.6) is 0 Å². The number of rotatable bonds is 3. The van der Waals surface area contributed by atoms with E-state index >= 15 is 0 Å². The lowest BCUT2D eigenvalue weighted by Crippen LogP contribution is -2.43. The Morgan fingerprint density at radius 3 is 2.17 bits per heavy atom. The number of hydrogen-bond donors (Lipinski definition) is 1. The van der Waals surface area contributed by atoms with Crippen LogP contribution in [-0.4, -0.2) is 55.9 Å². The van der Waals surface area contributed by atoms with Gasteiger partial charge in [-0.05, 0) is 37.1 Å². The average Bonchev–Trinajstić information content (AvgIpc) is 2.62. The fourth-order valence-corrected chi connectivity index (χ4v) is 3.45. The van der Waals surface area contributed by atoms with Gasteiger partial charge >= 0.3 is 0 Å². The molecule has 0 aliphatic carbocycles. The summed E-state index contributed by atoms with van der Waals surface area (Å²) in [6, 6.07) is 8.03. The number of likely N-dealkylation sites (tertiary alicyclic amines) is 1. The van der Waals surface area contributed by atoms with E-state index in [9.17, 15) is 9.59 Å². The van der Waals surface area contributed by atoms with Crippen LogP contribution >= 0.6 is 0 Å². The number of carbonyl (C=O) groups excluding carboxylic acids is 2. The van der Waals surface area contributed by atoms with Gasteiger partial charge in [0.25, 0.3) is 0 Å². The Kier molecular flexibility index (Phi) is 4.96. The Morgan fingerprint density at radius 1 is 1.00 bits per heavy atom. The summed E-state index contributed by atoms with van der Waals surface area (Å²) in [5, 5.41) is 3.34. The number of nitrogens with zero attached hydrogens (tertiary/aromatic N) is 2. The first kappa shape index (κ1) is 16.0. The summed E-state index contributed by atoms with van der Waals surface area (Å²) in [6.07, 6.45) is 1.55. The minimum atomic E-state index is 0.0515. The summed E-state index contributed by atoms with van der Waals surface area (Å²) < 4.78 is 0. The Hall–Kier alpha value is -1.88. The molecule has 1 amide bonds. The largest absolute Gasteiger partial charge is 0.369 e. The van der Waals surface area contributed by atoms with Crippen molar-refractivity contribution in [3.63, 3.8) is 0 Å². The number of Topliss-reactive ketones (excluding diaryl/α,β-unsaturated/α-hetero) is 1. The molecule has 0 unspecified atom stereocenters. The summed E-state index contributed by atoms with van der Waals surface area (Å²) in [5.74, 6) is 0.381. The van der Waals surface area contributed by atoms with E-state index < -0.39 is 0 Å². The predicted octanol–water partition coefficient (Wildman–Crippen LogP) is 1.54. The molecule has 2 heterocycles. The van der Waals surface area contributed by atoms with Crippen molar-refractivity contribution in [3.05, 3.63) is 29.8 Å². The highest BCUT2D eigenvalue weighted by Crippen LogP contribution is 2.23. The minimum Gasteiger partial charge on any atom is -0.369 e. The molecule has 2 aliphatic rings. The summed E-state index contributed by atoms with van der Waals surface area (Å²) in [5.41, 5.74) is 1.99. The number of benzene rings is 1. The third-order valence-electron chi connectivity index (χ3n) is 4.95. The standard InChI is InChI=1S/C18H25N3O2/c1-14(22)20-10-6-16(7-11-20)18(23)15-2-4-17(5-3-15)21-12-8-19-9-13-21/h2-5,16,19H,6-13H2,1H3. The molecule has 5 heteroatoms. The molecular formula is C18H25N3O2. The van der Waals surface area contributed by atoms with Gasteiger partial charge in [0.2, 0.25) is 5.91 Å². The fourth-order valence-electron chi connectivity index (χ4n) is 3.45. The number of hydrogen-bond acceptors (Lipinski definition) is 4. The first-order chi connectivity index (χ1) is 11.1. The minimum absolute atomic E-state index is 0.0515. The van der Waals surface area contributed by atoms with E-state index in [1.165, 1.54) is 5.69 Å². The second-order valence-corrected chi connectivity index (χ2v) is 6.43. The van der Waals surface area contributed by atoms with Crippen molar-refractivity contribution in [2.75, 3.05) is 44.2 Å². The molecule has 3 rings (SSSR count). The van der Waals surface area contributed by atoms with Crippen LogP contribution in [0, 0.1) is 5.92 Å². The lowest BCUT2D eigenvalue weighted by Gasteiger charge is -2.31. The SMILES string of the molecule is CC(=O)N1CCC(C(=O)c2ccc(N3CCNCC3)cc2)CC1. The van der Waals surface area contributed by atoms with Crippen molar-refractivity contribution in [1.29, 1.82) is 0 Å². The summed E-state index contributed by atoms with van der Waals surface area (Å²) in [7, 11) is 0. The highest BCUT2D eigenvalue weighted by Gasteiger charge is 2.26. The van der Waals surface area contributed by atoms with Gasteiger partial charge in [-0.3, -0.25) is 9.59 Å².